The van der Waals surface area contributed by atoms with Crippen molar-refractivity contribution in [2.24, 2.45) is 4.99 Å². The fourth-order valence-corrected chi connectivity index (χ4v) is 3.30. The van der Waals surface area contributed by atoms with Gasteiger partial charge in [-0.25, -0.2) is 4.98 Å². The van der Waals surface area contributed by atoms with E-state index in [1.165, 1.54) is 17.0 Å². The van der Waals surface area contributed by atoms with Crippen LogP contribution in [0.25, 0.3) is 0 Å². The molecule has 0 amide bonds. The lowest BCUT2D eigenvalue weighted by Gasteiger charge is -2.14. The SMILES string of the molecule is CCNC(=NCC(O)COc1ccc(C(F)(F)F)cc1)NCCc1ncc(CC)s1. The fourth-order valence-electron chi connectivity index (χ4n) is 2.44. The molecule has 0 aliphatic heterocycles. The Balaban J connectivity index is 1.77. The van der Waals surface area contributed by atoms with Crippen molar-refractivity contribution in [3.05, 3.63) is 45.9 Å². The zero-order valence-electron chi connectivity index (χ0n) is 17.0. The number of benzene rings is 1. The highest BCUT2D eigenvalue weighted by atomic mass is 32.1. The summed E-state index contributed by atoms with van der Waals surface area (Å²) >= 11 is 1.69. The molecule has 0 spiro atoms. The minimum Gasteiger partial charge on any atom is -0.491 e. The third kappa shape index (κ3) is 8.19. The van der Waals surface area contributed by atoms with Crippen LogP contribution in [0.2, 0.25) is 0 Å². The van der Waals surface area contributed by atoms with Crippen LogP contribution in [0.4, 0.5) is 13.2 Å². The molecule has 1 heterocycles. The van der Waals surface area contributed by atoms with Crippen LogP contribution in [0.15, 0.2) is 35.5 Å². The summed E-state index contributed by atoms with van der Waals surface area (Å²) in [5.74, 6) is 0.823. The Morgan fingerprint density at radius 2 is 1.97 bits per heavy atom. The van der Waals surface area contributed by atoms with Crippen LogP contribution in [0.3, 0.4) is 0 Å². The first kappa shape index (κ1) is 23.9. The number of aliphatic imine (C=N–C) groups is 1. The minimum absolute atomic E-state index is 0.0762. The van der Waals surface area contributed by atoms with Gasteiger partial charge in [-0.2, -0.15) is 13.2 Å². The normalized spacial score (nSPS) is 13.2. The molecule has 0 saturated carbocycles. The van der Waals surface area contributed by atoms with Crippen molar-refractivity contribution in [1.29, 1.82) is 0 Å². The van der Waals surface area contributed by atoms with E-state index in [0.717, 1.165) is 30.0 Å². The summed E-state index contributed by atoms with van der Waals surface area (Å²) in [6.07, 6.45) is -1.64. The number of aromatic nitrogens is 1. The van der Waals surface area contributed by atoms with E-state index in [2.05, 4.69) is 27.5 Å². The third-order valence-corrected chi connectivity index (χ3v) is 5.21. The molecule has 0 fully saturated rings. The number of hydrogen-bond donors (Lipinski definition) is 3. The molecule has 1 atom stereocenters. The maximum atomic E-state index is 12.6. The topological polar surface area (TPSA) is 78.8 Å². The predicted octanol–water partition coefficient (Wildman–Crippen LogP) is 3.26. The molecule has 6 nitrogen and oxygen atoms in total. The molecule has 2 aromatic rings. The lowest BCUT2D eigenvalue weighted by Crippen LogP contribution is -2.39. The van der Waals surface area contributed by atoms with Crippen molar-refractivity contribution < 1.29 is 23.0 Å². The van der Waals surface area contributed by atoms with Crippen LogP contribution < -0.4 is 15.4 Å². The number of nitrogens with zero attached hydrogens (tertiary/aromatic N) is 2. The van der Waals surface area contributed by atoms with Gasteiger partial charge in [0.05, 0.1) is 17.1 Å². The first-order valence-corrected chi connectivity index (χ1v) is 10.6. The quantitative estimate of drug-likeness (QED) is 0.387. The van der Waals surface area contributed by atoms with Gasteiger partial charge in [-0.15, -0.1) is 11.3 Å². The van der Waals surface area contributed by atoms with Gasteiger partial charge in [0.15, 0.2) is 5.96 Å². The molecular formula is C20H27F3N4O2S. The number of ether oxygens (including phenoxy) is 1. The molecule has 0 bridgehead atoms. The number of halogens is 3. The van der Waals surface area contributed by atoms with E-state index in [1.54, 1.807) is 11.3 Å². The van der Waals surface area contributed by atoms with Crippen molar-refractivity contribution >= 4 is 17.3 Å². The van der Waals surface area contributed by atoms with Crippen LogP contribution in [-0.2, 0) is 19.0 Å². The van der Waals surface area contributed by atoms with E-state index >= 15 is 0 Å². The van der Waals surface area contributed by atoms with Gasteiger partial charge in [0.1, 0.15) is 18.5 Å². The maximum absolute atomic E-state index is 12.6. The number of aliphatic hydroxyl groups is 1. The Morgan fingerprint density at radius 3 is 2.57 bits per heavy atom. The zero-order chi connectivity index (χ0) is 22.0. The van der Waals surface area contributed by atoms with Crippen molar-refractivity contribution in [2.45, 2.75) is 39.0 Å². The van der Waals surface area contributed by atoms with Crippen molar-refractivity contribution in [3.8, 4) is 5.75 Å². The highest BCUT2D eigenvalue weighted by Crippen LogP contribution is 2.30. The van der Waals surface area contributed by atoms with Gasteiger partial charge in [-0.1, -0.05) is 6.92 Å². The standard InChI is InChI=1S/C20H27F3N4O2S/c1-3-17-12-26-18(30-17)9-10-25-19(24-4-2)27-11-15(28)13-29-16-7-5-14(6-8-16)20(21,22)23/h5-8,12,15,28H,3-4,9-11,13H2,1-2H3,(H2,24,25,27). The number of nitrogens with one attached hydrogen (secondary N) is 2. The number of rotatable bonds is 10. The van der Waals surface area contributed by atoms with E-state index in [1.807, 2.05) is 13.1 Å². The highest BCUT2D eigenvalue weighted by molar-refractivity contribution is 7.11. The Labute approximate surface area is 178 Å². The van der Waals surface area contributed by atoms with Crippen molar-refractivity contribution in [3.63, 3.8) is 0 Å². The Bertz CT molecular complexity index is 794. The summed E-state index contributed by atoms with van der Waals surface area (Å²) in [7, 11) is 0. The monoisotopic (exact) mass is 444 g/mol. The van der Waals surface area contributed by atoms with E-state index in [4.69, 9.17) is 4.74 Å². The lowest BCUT2D eigenvalue weighted by atomic mass is 10.2. The summed E-state index contributed by atoms with van der Waals surface area (Å²) in [5, 5.41) is 17.4. The molecule has 0 radical (unpaired) electrons. The van der Waals surface area contributed by atoms with Gasteiger partial charge < -0.3 is 20.5 Å². The molecule has 10 heteroatoms. The first-order chi connectivity index (χ1) is 14.3. The zero-order valence-corrected chi connectivity index (χ0v) is 17.8. The summed E-state index contributed by atoms with van der Waals surface area (Å²) in [4.78, 5) is 9.95. The Kier molecular flexibility index (Phi) is 9.38. The smallest absolute Gasteiger partial charge is 0.416 e. The number of aliphatic hydroxyl groups excluding tert-OH is 1. The molecule has 1 unspecified atom stereocenters. The summed E-state index contributed by atoms with van der Waals surface area (Å²) in [5.41, 5.74) is -0.745. The van der Waals surface area contributed by atoms with Crippen LogP contribution in [0, 0.1) is 0 Å². The van der Waals surface area contributed by atoms with E-state index in [9.17, 15) is 18.3 Å². The molecule has 1 aromatic carbocycles. The third-order valence-electron chi connectivity index (χ3n) is 4.01. The molecule has 0 aliphatic rings. The Morgan fingerprint density at radius 1 is 1.23 bits per heavy atom. The van der Waals surface area contributed by atoms with Gasteiger partial charge in [0.2, 0.25) is 0 Å². The molecule has 166 valence electrons. The second-order valence-electron chi connectivity index (χ2n) is 6.46. The van der Waals surface area contributed by atoms with Crippen molar-refractivity contribution in [2.75, 3.05) is 26.2 Å². The van der Waals surface area contributed by atoms with Gasteiger partial charge in [0.25, 0.3) is 0 Å². The van der Waals surface area contributed by atoms with Crippen LogP contribution >= 0.6 is 11.3 Å². The second-order valence-corrected chi connectivity index (χ2v) is 7.66. The molecule has 0 aliphatic carbocycles. The second kappa shape index (κ2) is 11.8. The lowest BCUT2D eigenvalue weighted by molar-refractivity contribution is -0.137. The number of alkyl halides is 3. The van der Waals surface area contributed by atoms with Crippen LogP contribution in [-0.4, -0.2) is 48.4 Å². The summed E-state index contributed by atoms with van der Waals surface area (Å²) in [6, 6.07) is 4.35. The number of guanidine groups is 1. The molecule has 1 aromatic heterocycles. The average Bonchev–Trinajstić information content (AvgIpc) is 3.18. The van der Waals surface area contributed by atoms with Gasteiger partial charge in [-0.3, -0.25) is 4.99 Å². The molecular weight excluding hydrogens is 417 g/mol. The number of thiazole rings is 1. The van der Waals surface area contributed by atoms with E-state index in [-0.39, 0.29) is 18.9 Å². The van der Waals surface area contributed by atoms with Gasteiger partial charge >= 0.3 is 6.18 Å². The first-order valence-electron chi connectivity index (χ1n) is 9.75. The molecule has 0 saturated heterocycles. The summed E-state index contributed by atoms with van der Waals surface area (Å²) in [6.45, 7) is 5.37. The van der Waals surface area contributed by atoms with E-state index < -0.39 is 17.8 Å². The number of hydrogen-bond acceptors (Lipinski definition) is 5. The fraction of sp³-hybridized carbons (Fsp3) is 0.500. The van der Waals surface area contributed by atoms with Gasteiger partial charge in [-0.05, 0) is 37.6 Å². The minimum atomic E-state index is -4.39. The molecule has 30 heavy (non-hydrogen) atoms. The largest absolute Gasteiger partial charge is 0.491 e. The maximum Gasteiger partial charge on any atom is 0.416 e. The molecule has 3 N–H and O–H groups in total. The van der Waals surface area contributed by atoms with Crippen LogP contribution in [0.1, 0.15) is 29.3 Å². The van der Waals surface area contributed by atoms with E-state index in [0.29, 0.717) is 19.0 Å². The average molecular weight is 445 g/mol. The molecule has 2 rings (SSSR count). The summed E-state index contributed by atoms with van der Waals surface area (Å²) < 4.78 is 43.0. The van der Waals surface area contributed by atoms with Gasteiger partial charge in [0, 0.05) is 30.6 Å². The Hall–Kier alpha value is -2.33. The predicted molar refractivity (Wildman–Crippen MR) is 112 cm³/mol. The van der Waals surface area contributed by atoms with Crippen LogP contribution in [0.5, 0.6) is 5.75 Å². The van der Waals surface area contributed by atoms with Crippen molar-refractivity contribution in [1.82, 2.24) is 15.6 Å². The highest BCUT2D eigenvalue weighted by Gasteiger charge is 2.30. The number of aryl methyl sites for hydroxylation is 1.